The zero-order chi connectivity index (χ0) is 16.4. The largest absolute Gasteiger partial charge is 0.416 e. The third-order valence-electron chi connectivity index (χ3n) is 3.94. The van der Waals surface area contributed by atoms with Gasteiger partial charge in [0, 0.05) is 25.7 Å². The second-order valence-corrected chi connectivity index (χ2v) is 5.53. The Morgan fingerprint density at radius 3 is 2.48 bits per heavy atom. The van der Waals surface area contributed by atoms with Crippen molar-refractivity contribution >= 4 is 5.91 Å². The van der Waals surface area contributed by atoms with E-state index in [0.29, 0.717) is 19.5 Å². The summed E-state index contributed by atoms with van der Waals surface area (Å²) < 4.78 is 39.1. The number of rotatable bonds is 4. The zero-order valence-corrected chi connectivity index (χ0v) is 12.2. The number of halogens is 3. The van der Waals surface area contributed by atoms with Crippen LogP contribution in [0.1, 0.15) is 23.6 Å². The molecule has 8 heteroatoms. The molecule has 2 aromatic rings. The van der Waals surface area contributed by atoms with Crippen molar-refractivity contribution < 1.29 is 18.0 Å². The molecule has 3 rings (SSSR count). The number of nitrogens with zero attached hydrogens (tertiary/aromatic N) is 4. The van der Waals surface area contributed by atoms with E-state index in [1.54, 1.807) is 22.0 Å². The van der Waals surface area contributed by atoms with Crippen LogP contribution in [0.3, 0.4) is 0 Å². The Bertz CT molecular complexity index is 661. The van der Waals surface area contributed by atoms with E-state index in [0.717, 1.165) is 17.7 Å². The van der Waals surface area contributed by atoms with Crippen molar-refractivity contribution in [2.75, 3.05) is 13.1 Å². The van der Waals surface area contributed by atoms with Gasteiger partial charge in [0.25, 0.3) is 0 Å². The summed E-state index contributed by atoms with van der Waals surface area (Å²) in [6.45, 7) is 1.18. The van der Waals surface area contributed by atoms with E-state index in [1.165, 1.54) is 12.1 Å². The molecule has 0 bridgehead atoms. The minimum atomic E-state index is -4.33. The molecular weight excluding hydrogens is 309 g/mol. The number of hydrogen-bond donors (Lipinski definition) is 0. The molecule has 1 aliphatic rings. The summed E-state index contributed by atoms with van der Waals surface area (Å²) in [6, 6.07) is 5.09. The van der Waals surface area contributed by atoms with Crippen molar-refractivity contribution in [1.29, 1.82) is 0 Å². The maximum Gasteiger partial charge on any atom is 0.416 e. The molecule has 1 fully saturated rings. The summed E-state index contributed by atoms with van der Waals surface area (Å²) in [6.07, 6.45) is -0.261. The summed E-state index contributed by atoms with van der Waals surface area (Å²) in [7, 11) is 0. The Morgan fingerprint density at radius 2 is 1.91 bits per heavy atom. The summed E-state index contributed by atoms with van der Waals surface area (Å²) in [5.74, 6) is 0.00117. The van der Waals surface area contributed by atoms with Gasteiger partial charge in [0.15, 0.2) is 0 Å². The van der Waals surface area contributed by atoms with Crippen LogP contribution in [-0.2, 0) is 17.4 Å². The van der Waals surface area contributed by atoms with Crippen LogP contribution >= 0.6 is 0 Å². The van der Waals surface area contributed by atoms with Gasteiger partial charge in [0.1, 0.15) is 0 Å². The normalized spacial score (nSPS) is 15.5. The number of hydrogen-bond acceptors (Lipinski definition) is 3. The van der Waals surface area contributed by atoms with Gasteiger partial charge in [-0.3, -0.25) is 4.79 Å². The predicted molar refractivity (Wildman–Crippen MR) is 75.4 cm³/mol. The second-order valence-electron chi connectivity index (χ2n) is 5.53. The Hall–Kier alpha value is -2.38. The Kier molecular flexibility index (Phi) is 4.06. The molecule has 0 aliphatic carbocycles. The molecule has 0 unspecified atom stereocenters. The van der Waals surface area contributed by atoms with Crippen LogP contribution in [0.15, 0.2) is 36.7 Å². The molecule has 1 aromatic carbocycles. The van der Waals surface area contributed by atoms with Crippen LogP contribution in [0.2, 0.25) is 0 Å². The van der Waals surface area contributed by atoms with E-state index in [1.807, 2.05) is 0 Å². The molecule has 23 heavy (non-hydrogen) atoms. The van der Waals surface area contributed by atoms with E-state index >= 15 is 0 Å². The second kappa shape index (κ2) is 6.02. The van der Waals surface area contributed by atoms with Crippen molar-refractivity contribution in [1.82, 2.24) is 19.9 Å². The zero-order valence-electron chi connectivity index (χ0n) is 12.2. The molecule has 1 aromatic heterocycles. The summed E-state index contributed by atoms with van der Waals surface area (Å²) in [5.41, 5.74) is 0.0469. The molecule has 0 atom stereocenters. The van der Waals surface area contributed by atoms with Gasteiger partial charge < -0.3 is 4.90 Å². The number of aryl methyl sites for hydroxylation is 1. The van der Waals surface area contributed by atoms with Crippen LogP contribution in [0.25, 0.3) is 0 Å². The number of benzene rings is 1. The molecule has 1 aliphatic heterocycles. The topological polar surface area (TPSA) is 51.0 Å². The molecule has 2 heterocycles. The first-order valence-electron chi connectivity index (χ1n) is 7.23. The van der Waals surface area contributed by atoms with Crippen LogP contribution in [0.4, 0.5) is 13.2 Å². The van der Waals surface area contributed by atoms with Crippen LogP contribution in [-0.4, -0.2) is 38.9 Å². The first-order chi connectivity index (χ1) is 10.9. The first-order valence-corrected chi connectivity index (χ1v) is 7.23. The van der Waals surface area contributed by atoms with Crippen molar-refractivity contribution in [2.24, 2.45) is 0 Å². The number of carbonyl (C=O) groups excluding carboxylic acids is 1. The van der Waals surface area contributed by atoms with Gasteiger partial charge >= 0.3 is 6.18 Å². The molecule has 0 saturated carbocycles. The molecule has 5 nitrogen and oxygen atoms in total. The highest BCUT2D eigenvalue weighted by Gasteiger charge is 2.32. The van der Waals surface area contributed by atoms with Gasteiger partial charge in [-0.05, 0) is 24.1 Å². The minimum Gasteiger partial charge on any atom is -0.338 e. The molecule has 0 radical (unpaired) electrons. The Balaban J connectivity index is 1.47. The number of likely N-dealkylation sites (tertiary alicyclic amines) is 1. The average molecular weight is 324 g/mol. The molecule has 0 N–H and O–H groups in total. The quantitative estimate of drug-likeness (QED) is 0.867. The lowest BCUT2D eigenvalue weighted by atomic mass is 10.0. The fraction of sp³-hybridized carbons (Fsp3) is 0.400. The van der Waals surface area contributed by atoms with Crippen molar-refractivity contribution in [3.63, 3.8) is 0 Å². The van der Waals surface area contributed by atoms with Crippen molar-refractivity contribution in [3.05, 3.63) is 47.8 Å². The standard InChI is InChI=1S/C15H15F3N4O/c16-15(17,18)12-4-1-11(2-5-12)3-6-14(23)21-9-13(10-21)22-8-7-19-20-22/h1-2,4-5,7-8,13H,3,6,9-10H2. The highest BCUT2D eigenvalue weighted by Crippen LogP contribution is 2.29. The smallest absolute Gasteiger partial charge is 0.338 e. The molecule has 1 saturated heterocycles. The van der Waals surface area contributed by atoms with E-state index < -0.39 is 11.7 Å². The third kappa shape index (κ3) is 3.52. The lowest BCUT2D eigenvalue weighted by Gasteiger charge is -2.38. The first kappa shape index (κ1) is 15.5. The number of amides is 1. The monoisotopic (exact) mass is 324 g/mol. The molecule has 0 spiro atoms. The minimum absolute atomic E-state index is 0.00117. The lowest BCUT2D eigenvalue weighted by Crippen LogP contribution is -2.50. The van der Waals surface area contributed by atoms with Crippen LogP contribution in [0.5, 0.6) is 0 Å². The SMILES string of the molecule is O=C(CCc1ccc(C(F)(F)F)cc1)N1CC(n2ccnn2)C1. The molecular formula is C15H15F3N4O. The predicted octanol–water partition coefficient (Wildman–Crippen LogP) is 2.31. The van der Waals surface area contributed by atoms with Crippen molar-refractivity contribution in [2.45, 2.75) is 25.1 Å². The third-order valence-corrected chi connectivity index (χ3v) is 3.94. The highest BCUT2D eigenvalue weighted by atomic mass is 19.4. The summed E-state index contributed by atoms with van der Waals surface area (Å²) in [5, 5.41) is 7.62. The van der Waals surface area contributed by atoms with Crippen molar-refractivity contribution in [3.8, 4) is 0 Å². The van der Waals surface area contributed by atoms with Gasteiger partial charge in [-0.15, -0.1) is 5.10 Å². The number of alkyl halides is 3. The fourth-order valence-electron chi connectivity index (χ4n) is 2.51. The Morgan fingerprint density at radius 1 is 1.22 bits per heavy atom. The Labute approximate surface area is 130 Å². The van der Waals surface area contributed by atoms with E-state index in [2.05, 4.69) is 10.3 Å². The number of carbonyl (C=O) groups is 1. The van der Waals surface area contributed by atoms with Crippen LogP contribution < -0.4 is 0 Å². The van der Waals surface area contributed by atoms with Gasteiger partial charge in [0.05, 0.1) is 17.8 Å². The summed E-state index contributed by atoms with van der Waals surface area (Å²) >= 11 is 0. The fourth-order valence-corrected chi connectivity index (χ4v) is 2.51. The lowest BCUT2D eigenvalue weighted by molar-refractivity contribution is -0.138. The molecule has 122 valence electrons. The molecule has 1 amide bonds. The summed E-state index contributed by atoms with van der Waals surface area (Å²) in [4.78, 5) is 13.8. The van der Waals surface area contributed by atoms with Crippen LogP contribution in [0, 0.1) is 0 Å². The highest BCUT2D eigenvalue weighted by molar-refractivity contribution is 5.77. The number of aromatic nitrogens is 3. The van der Waals surface area contributed by atoms with E-state index in [9.17, 15) is 18.0 Å². The van der Waals surface area contributed by atoms with Gasteiger partial charge in [0.2, 0.25) is 5.91 Å². The maximum atomic E-state index is 12.5. The van der Waals surface area contributed by atoms with Gasteiger partial charge in [-0.1, -0.05) is 17.3 Å². The maximum absolute atomic E-state index is 12.5. The average Bonchev–Trinajstić information content (AvgIpc) is 2.97. The van der Waals surface area contributed by atoms with E-state index in [4.69, 9.17) is 0 Å². The van der Waals surface area contributed by atoms with Gasteiger partial charge in [-0.25, -0.2) is 4.68 Å². The van der Waals surface area contributed by atoms with E-state index in [-0.39, 0.29) is 18.4 Å². The van der Waals surface area contributed by atoms with Gasteiger partial charge in [-0.2, -0.15) is 13.2 Å².